The molecule has 0 saturated heterocycles. The highest BCUT2D eigenvalue weighted by Gasteiger charge is 2.26. The Balaban J connectivity index is 2.67. The van der Waals surface area contributed by atoms with E-state index in [1.54, 1.807) is 27.7 Å². The fraction of sp³-hybridized carbons (Fsp3) is 0.538. The van der Waals surface area contributed by atoms with Crippen molar-refractivity contribution >= 4 is 12.1 Å². The Hall–Kier alpha value is -2.38. The van der Waals surface area contributed by atoms with Gasteiger partial charge in [-0.2, -0.15) is 0 Å². The molecule has 0 unspecified atom stereocenters. The fourth-order valence-corrected chi connectivity index (χ4v) is 1.23. The van der Waals surface area contributed by atoms with Gasteiger partial charge in [0.25, 0.3) is 6.29 Å². The van der Waals surface area contributed by atoms with E-state index in [9.17, 15) is 19.8 Å². The topological polar surface area (TPSA) is 107 Å². The summed E-state index contributed by atoms with van der Waals surface area (Å²) in [5.74, 6) is -2.15. The first-order valence-electron chi connectivity index (χ1n) is 6.41. The van der Waals surface area contributed by atoms with Crippen LogP contribution in [0.15, 0.2) is 12.1 Å². The van der Waals surface area contributed by atoms with Crippen LogP contribution >= 0.6 is 0 Å². The largest absolute Gasteiger partial charge is 0.537 e. The molecule has 1 aromatic heterocycles. The van der Waals surface area contributed by atoms with Crippen LogP contribution in [0.1, 0.15) is 27.7 Å². The SMILES string of the molecule is CC(C)C(=O)O[C@H](OC(=O)On1c(O)ccc1O)C(C)C. The molecule has 118 valence electrons. The van der Waals surface area contributed by atoms with Gasteiger partial charge in [-0.1, -0.05) is 27.7 Å². The maximum Gasteiger partial charge on any atom is 0.537 e. The molecule has 1 rings (SSSR count). The number of carbonyl (C=O) groups excluding carboxylic acids is 2. The van der Waals surface area contributed by atoms with Gasteiger partial charge in [-0.25, -0.2) is 4.79 Å². The van der Waals surface area contributed by atoms with Crippen LogP contribution in [0.4, 0.5) is 4.79 Å². The van der Waals surface area contributed by atoms with Crippen LogP contribution in [-0.2, 0) is 14.3 Å². The standard InChI is InChI=1S/C13H19NO7/c1-7(2)11(17)19-12(8(3)4)20-13(18)21-14-9(15)5-6-10(14)16/h5-8,12,15-16H,1-4H3/t12-/m1/s1. The van der Waals surface area contributed by atoms with E-state index >= 15 is 0 Å². The quantitative estimate of drug-likeness (QED) is 0.629. The van der Waals surface area contributed by atoms with Crippen LogP contribution in [0.2, 0.25) is 0 Å². The summed E-state index contributed by atoms with van der Waals surface area (Å²) in [5, 5.41) is 18.7. The molecule has 1 heterocycles. The van der Waals surface area contributed by atoms with E-state index in [0.717, 1.165) is 12.1 Å². The molecule has 0 aliphatic carbocycles. The highest BCUT2D eigenvalue weighted by Crippen LogP contribution is 2.19. The summed E-state index contributed by atoms with van der Waals surface area (Å²) in [6.07, 6.45) is -2.36. The average Bonchev–Trinajstić information content (AvgIpc) is 2.69. The third-order valence-electron chi connectivity index (χ3n) is 2.42. The van der Waals surface area contributed by atoms with E-state index in [1.165, 1.54) is 0 Å². The summed E-state index contributed by atoms with van der Waals surface area (Å²) in [4.78, 5) is 27.7. The fourth-order valence-electron chi connectivity index (χ4n) is 1.23. The van der Waals surface area contributed by atoms with E-state index in [-0.39, 0.29) is 11.8 Å². The van der Waals surface area contributed by atoms with Gasteiger partial charge in [0.1, 0.15) is 0 Å². The second-order valence-corrected chi connectivity index (χ2v) is 5.01. The Kier molecular flexibility index (Phi) is 5.45. The molecule has 21 heavy (non-hydrogen) atoms. The molecule has 0 amide bonds. The maximum atomic E-state index is 11.6. The molecule has 0 fully saturated rings. The van der Waals surface area contributed by atoms with Crippen molar-refractivity contribution in [2.45, 2.75) is 34.0 Å². The summed E-state index contributed by atoms with van der Waals surface area (Å²) < 4.78 is 10.4. The Bertz CT molecular complexity index is 487. The Labute approximate surface area is 121 Å². The number of hydrogen-bond donors (Lipinski definition) is 2. The van der Waals surface area contributed by atoms with Crippen molar-refractivity contribution in [2.24, 2.45) is 11.8 Å². The van der Waals surface area contributed by atoms with Gasteiger partial charge in [-0.15, -0.1) is 4.73 Å². The second kappa shape index (κ2) is 6.87. The van der Waals surface area contributed by atoms with Crippen LogP contribution in [0.3, 0.4) is 0 Å². The number of hydrogen-bond acceptors (Lipinski definition) is 7. The van der Waals surface area contributed by atoms with Crippen molar-refractivity contribution in [3.8, 4) is 11.8 Å². The predicted octanol–water partition coefficient (Wildman–Crippen LogP) is 1.65. The maximum absolute atomic E-state index is 11.6. The van der Waals surface area contributed by atoms with Crippen molar-refractivity contribution in [3.63, 3.8) is 0 Å². The summed E-state index contributed by atoms with van der Waals surface area (Å²) in [6.45, 7) is 6.67. The molecule has 8 heteroatoms. The second-order valence-electron chi connectivity index (χ2n) is 5.01. The first-order chi connectivity index (χ1) is 9.72. The minimum atomic E-state index is -1.23. The number of aromatic hydroxyl groups is 2. The molecule has 0 saturated carbocycles. The molecular weight excluding hydrogens is 282 g/mol. The highest BCUT2D eigenvalue weighted by molar-refractivity contribution is 5.71. The van der Waals surface area contributed by atoms with Crippen LogP contribution < -0.4 is 4.84 Å². The third-order valence-corrected chi connectivity index (χ3v) is 2.42. The Morgan fingerprint density at radius 3 is 2.00 bits per heavy atom. The highest BCUT2D eigenvalue weighted by atomic mass is 16.9. The lowest BCUT2D eigenvalue weighted by Crippen LogP contribution is -2.33. The lowest BCUT2D eigenvalue weighted by atomic mass is 10.2. The molecule has 1 aromatic rings. The van der Waals surface area contributed by atoms with Crippen molar-refractivity contribution in [2.75, 3.05) is 0 Å². The molecule has 8 nitrogen and oxygen atoms in total. The molecule has 2 N–H and O–H groups in total. The first-order valence-corrected chi connectivity index (χ1v) is 6.41. The van der Waals surface area contributed by atoms with Crippen molar-refractivity contribution < 1.29 is 34.1 Å². The van der Waals surface area contributed by atoms with Crippen molar-refractivity contribution in [1.29, 1.82) is 0 Å². The zero-order valence-corrected chi connectivity index (χ0v) is 12.3. The smallest absolute Gasteiger partial charge is 0.492 e. The zero-order valence-electron chi connectivity index (χ0n) is 12.3. The first kappa shape index (κ1) is 16.7. The van der Waals surface area contributed by atoms with Crippen molar-refractivity contribution in [3.05, 3.63) is 12.1 Å². The normalized spacial score (nSPS) is 12.3. The number of carbonyl (C=O) groups is 2. The zero-order chi connectivity index (χ0) is 16.2. The monoisotopic (exact) mass is 301 g/mol. The van der Waals surface area contributed by atoms with E-state index < -0.39 is 30.2 Å². The number of nitrogens with zero attached hydrogens (tertiary/aromatic N) is 1. The van der Waals surface area contributed by atoms with Crippen LogP contribution in [0, 0.1) is 11.8 Å². The minimum absolute atomic E-state index is 0.299. The number of rotatable bonds is 5. The Morgan fingerprint density at radius 1 is 1.05 bits per heavy atom. The van der Waals surface area contributed by atoms with Gasteiger partial charge < -0.3 is 19.7 Å². The number of aromatic nitrogens is 1. The predicted molar refractivity (Wildman–Crippen MR) is 70.4 cm³/mol. The average molecular weight is 301 g/mol. The van der Waals surface area contributed by atoms with Crippen molar-refractivity contribution in [1.82, 2.24) is 4.73 Å². The lowest BCUT2D eigenvalue weighted by molar-refractivity contribution is -0.183. The van der Waals surface area contributed by atoms with Gasteiger partial charge >= 0.3 is 12.1 Å². The third kappa shape index (κ3) is 4.59. The van der Waals surface area contributed by atoms with E-state index in [2.05, 4.69) is 4.84 Å². The van der Waals surface area contributed by atoms with Crippen LogP contribution in [0.25, 0.3) is 0 Å². The summed E-state index contributed by atoms with van der Waals surface area (Å²) in [5.41, 5.74) is 0. The lowest BCUT2D eigenvalue weighted by Gasteiger charge is -2.21. The van der Waals surface area contributed by atoms with Gasteiger partial charge in [0.2, 0.25) is 11.8 Å². The van der Waals surface area contributed by atoms with E-state index in [4.69, 9.17) is 9.47 Å². The van der Waals surface area contributed by atoms with E-state index in [0.29, 0.717) is 4.73 Å². The number of esters is 1. The molecule has 0 bridgehead atoms. The molecular formula is C13H19NO7. The van der Waals surface area contributed by atoms with Gasteiger partial charge in [-0.05, 0) is 0 Å². The van der Waals surface area contributed by atoms with Gasteiger partial charge in [0.15, 0.2) is 0 Å². The summed E-state index contributed by atoms with van der Waals surface area (Å²) in [7, 11) is 0. The molecule has 0 spiro atoms. The summed E-state index contributed by atoms with van der Waals surface area (Å²) in [6, 6.07) is 2.25. The van der Waals surface area contributed by atoms with Crippen LogP contribution in [0.5, 0.6) is 11.8 Å². The van der Waals surface area contributed by atoms with Gasteiger partial charge in [0, 0.05) is 18.1 Å². The van der Waals surface area contributed by atoms with Crippen LogP contribution in [-0.4, -0.2) is 33.4 Å². The summed E-state index contributed by atoms with van der Waals surface area (Å²) >= 11 is 0. The number of ether oxygens (including phenoxy) is 2. The Morgan fingerprint density at radius 2 is 1.57 bits per heavy atom. The molecule has 0 aromatic carbocycles. The minimum Gasteiger partial charge on any atom is -0.492 e. The molecule has 1 atom stereocenters. The van der Waals surface area contributed by atoms with Gasteiger partial charge in [0.05, 0.1) is 5.92 Å². The molecule has 0 aliphatic rings. The molecule has 0 aliphatic heterocycles. The van der Waals surface area contributed by atoms with E-state index in [1.807, 2.05) is 0 Å². The van der Waals surface area contributed by atoms with Gasteiger partial charge in [-0.3, -0.25) is 9.63 Å². The molecule has 0 radical (unpaired) electrons.